The van der Waals surface area contributed by atoms with Crippen LogP contribution < -0.4 is 0 Å². The molecule has 17 heavy (non-hydrogen) atoms. The number of hydrogen-bond donors (Lipinski definition) is 1. The molecule has 0 aliphatic rings. The lowest BCUT2D eigenvalue weighted by Gasteiger charge is -2.15. The van der Waals surface area contributed by atoms with Gasteiger partial charge in [-0.3, -0.25) is 0 Å². The van der Waals surface area contributed by atoms with Crippen LogP contribution in [0.25, 0.3) is 0 Å². The van der Waals surface area contributed by atoms with Crippen molar-refractivity contribution in [2.45, 2.75) is 5.75 Å². The summed E-state index contributed by atoms with van der Waals surface area (Å²) in [6.07, 6.45) is 0. The van der Waals surface area contributed by atoms with Gasteiger partial charge in [-0.05, 0) is 23.8 Å². The van der Waals surface area contributed by atoms with Gasteiger partial charge in [0, 0.05) is 23.6 Å². The fraction of sp³-hybridized carbons (Fsp3) is 0.400. The normalized spacial score (nSPS) is 12.1. The lowest BCUT2D eigenvalue weighted by molar-refractivity contribution is 0.266. The van der Waals surface area contributed by atoms with E-state index < -0.39 is 10.0 Å². The number of aliphatic hydroxyl groups excluding tert-OH is 1. The van der Waals surface area contributed by atoms with Crippen molar-refractivity contribution in [3.63, 3.8) is 0 Å². The van der Waals surface area contributed by atoms with Crippen LogP contribution in [0.1, 0.15) is 5.56 Å². The average molecular weight is 298 g/mol. The molecule has 0 aliphatic heterocycles. The molecule has 0 unspecified atom stereocenters. The molecule has 0 radical (unpaired) electrons. The Balaban J connectivity index is 2.90. The molecule has 1 aromatic rings. The Morgan fingerprint density at radius 2 is 1.76 bits per heavy atom. The largest absolute Gasteiger partial charge is 0.395 e. The molecule has 0 heterocycles. The number of nitrogens with zero attached hydrogens (tertiary/aromatic N) is 1. The molecule has 1 N–H and O–H groups in total. The van der Waals surface area contributed by atoms with Gasteiger partial charge >= 0.3 is 0 Å². The van der Waals surface area contributed by atoms with Gasteiger partial charge in [-0.2, -0.15) is 0 Å². The van der Waals surface area contributed by atoms with Crippen LogP contribution in [-0.4, -0.2) is 38.0 Å². The van der Waals surface area contributed by atoms with Crippen LogP contribution in [0.4, 0.5) is 0 Å². The minimum atomic E-state index is -3.45. The molecule has 4 nitrogen and oxygen atoms in total. The van der Waals surface area contributed by atoms with Crippen molar-refractivity contribution < 1.29 is 13.5 Å². The zero-order valence-corrected chi connectivity index (χ0v) is 11.6. The first-order valence-electron chi connectivity index (χ1n) is 4.85. The highest BCUT2D eigenvalue weighted by Crippen LogP contribution is 2.21. The summed E-state index contributed by atoms with van der Waals surface area (Å²) in [7, 11) is -2.04. The van der Waals surface area contributed by atoms with Gasteiger partial charge in [-0.15, -0.1) is 0 Å². The number of rotatable bonds is 5. The number of hydrogen-bond acceptors (Lipinski definition) is 3. The molecule has 7 heteroatoms. The fourth-order valence-electron chi connectivity index (χ4n) is 1.30. The summed E-state index contributed by atoms with van der Waals surface area (Å²) in [5, 5.41) is 9.50. The Morgan fingerprint density at radius 1 is 1.24 bits per heavy atom. The van der Waals surface area contributed by atoms with E-state index in [1.54, 1.807) is 12.1 Å². The van der Waals surface area contributed by atoms with Gasteiger partial charge in [0.15, 0.2) is 0 Å². The Bertz CT molecular complexity index is 470. The predicted octanol–water partition coefficient (Wildman–Crippen LogP) is 1.75. The van der Waals surface area contributed by atoms with Gasteiger partial charge in [0.2, 0.25) is 10.0 Å². The zero-order valence-electron chi connectivity index (χ0n) is 9.23. The highest BCUT2D eigenvalue weighted by molar-refractivity contribution is 7.88. The number of likely N-dealkylation sites (N-methyl/N-ethyl adjacent to an activating group) is 1. The standard InChI is InChI=1S/C10H13Cl2NO3S/c1-13(2-3-14)17(15,16)7-8-4-9(11)6-10(12)5-8/h4-6,14H,2-3,7H2,1H3. The van der Waals surface area contributed by atoms with E-state index >= 15 is 0 Å². The van der Waals surface area contributed by atoms with Gasteiger partial charge in [-0.1, -0.05) is 23.2 Å². The molecule has 0 saturated heterocycles. The molecular weight excluding hydrogens is 285 g/mol. The number of sulfonamides is 1. The summed E-state index contributed by atoms with van der Waals surface area (Å²) in [6.45, 7) is -0.150. The number of benzene rings is 1. The van der Waals surface area contributed by atoms with Crippen LogP contribution >= 0.6 is 23.2 Å². The van der Waals surface area contributed by atoms with E-state index in [9.17, 15) is 8.42 Å². The van der Waals surface area contributed by atoms with Gasteiger partial charge in [0.1, 0.15) is 0 Å². The quantitative estimate of drug-likeness (QED) is 0.901. The van der Waals surface area contributed by atoms with Crippen LogP contribution in [0.15, 0.2) is 18.2 Å². The maximum atomic E-state index is 11.8. The van der Waals surface area contributed by atoms with Crippen molar-refractivity contribution in [3.05, 3.63) is 33.8 Å². The lowest BCUT2D eigenvalue weighted by atomic mass is 10.2. The third-order valence-electron chi connectivity index (χ3n) is 2.16. The van der Waals surface area contributed by atoms with Crippen molar-refractivity contribution in [3.8, 4) is 0 Å². The van der Waals surface area contributed by atoms with Crippen molar-refractivity contribution in [2.75, 3.05) is 20.2 Å². The van der Waals surface area contributed by atoms with Crippen LogP contribution in [0, 0.1) is 0 Å². The molecule has 0 bridgehead atoms. The maximum Gasteiger partial charge on any atom is 0.218 e. The summed E-state index contributed by atoms with van der Waals surface area (Å²) in [4.78, 5) is 0. The van der Waals surface area contributed by atoms with Crippen molar-refractivity contribution >= 4 is 33.2 Å². The molecule has 0 amide bonds. The molecule has 0 saturated carbocycles. The minimum Gasteiger partial charge on any atom is -0.395 e. The second kappa shape index (κ2) is 6.02. The summed E-state index contributed by atoms with van der Waals surface area (Å²) in [6, 6.07) is 4.65. The van der Waals surface area contributed by atoms with E-state index in [1.165, 1.54) is 13.1 Å². The van der Waals surface area contributed by atoms with E-state index in [0.717, 1.165) is 4.31 Å². The molecule has 96 valence electrons. The molecule has 0 fully saturated rings. The third-order valence-corrected chi connectivity index (χ3v) is 4.43. The van der Waals surface area contributed by atoms with Crippen molar-refractivity contribution in [2.24, 2.45) is 0 Å². The zero-order chi connectivity index (χ0) is 13.1. The SMILES string of the molecule is CN(CCO)S(=O)(=O)Cc1cc(Cl)cc(Cl)c1. The highest BCUT2D eigenvalue weighted by Gasteiger charge is 2.18. The smallest absolute Gasteiger partial charge is 0.218 e. The van der Waals surface area contributed by atoms with Crippen molar-refractivity contribution in [1.82, 2.24) is 4.31 Å². The van der Waals surface area contributed by atoms with E-state index in [4.69, 9.17) is 28.3 Å². The number of halogens is 2. The predicted molar refractivity (Wildman–Crippen MR) is 68.8 cm³/mol. The van der Waals surface area contributed by atoms with E-state index in [0.29, 0.717) is 15.6 Å². The van der Waals surface area contributed by atoms with Gasteiger partial charge < -0.3 is 5.11 Å². The second-order valence-electron chi connectivity index (χ2n) is 3.58. The van der Waals surface area contributed by atoms with Crippen LogP contribution in [0.3, 0.4) is 0 Å². The molecule has 0 atom stereocenters. The van der Waals surface area contributed by atoms with Crippen molar-refractivity contribution in [1.29, 1.82) is 0 Å². The van der Waals surface area contributed by atoms with Gasteiger partial charge in [0.05, 0.1) is 12.4 Å². The molecule has 1 rings (SSSR count). The van der Waals surface area contributed by atoms with Crippen LogP contribution in [0.5, 0.6) is 0 Å². The molecule has 0 spiro atoms. The average Bonchev–Trinajstić information content (AvgIpc) is 2.15. The Labute approximate surface area is 111 Å². The summed E-state index contributed by atoms with van der Waals surface area (Å²) in [5.74, 6) is -0.191. The Kier molecular flexibility index (Phi) is 5.22. The second-order valence-corrected chi connectivity index (χ2v) is 6.53. The minimum absolute atomic E-state index is 0.0661. The van der Waals surface area contributed by atoms with Crippen LogP contribution in [-0.2, 0) is 15.8 Å². The summed E-state index contributed by atoms with van der Waals surface area (Å²) >= 11 is 11.6. The Hall–Kier alpha value is -0.330. The molecule has 0 aromatic heterocycles. The summed E-state index contributed by atoms with van der Waals surface area (Å²) < 4.78 is 24.8. The number of aliphatic hydroxyl groups is 1. The third kappa shape index (κ3) is 4.44. The maximum absolute atomic E-state index is 11.8. The first kappa shape index (κ1) is 14.7. The van der Waals surface area contributed by atoms with E-state index in [1.807, 2.05) is 0 Å². The first-order valence-corrected chi connectivity index (χ1v) is 7.21. The monoisotopic (exact) mass is 297 g/mol. The Morgan fingerprint density at radius 3 is 2.24 bits per heavy atom. The lowest BCUT2D eigenvalue weighted by Crippen LogP contribution is -2.30. The molecular formula is C10H13Cl2NO3S. The first-order chi connectivity index (χ1) is 7.85. The van der Waals surface area contributed by atoms with Gasteiger partial charge in [0.25, 0.3) is 0 Å². The fourth-order valence-corrected chi connectivity index (χ4v) is 3.03. The molecule has 1 aromatic carbocycles. The summed E-state index contributed by atoms with van der Waals surface area (Å²) in [5.41, 5.74) is 0.521. The van der Waals surface area contributed by atoms with E-state index in [-0.39, 0.29) is 18.9 Å². The van der Waals surface area contributed by atoms with Gasteiger partial charge in [-0.25, -0.2) is 12.7 Å². The highest BCUT2D eigenvalue weighted by atomic mass is 35.5. The molecule has 0 aliphatic carbocycles. The van der Waals surface area contributed by atoms with Crippen LogP contribution in [0.2, 0.25) is 10.0 Å². The topological polar surface area (TPSA) is 57.6 Å². The van der Waals surface area contributed by atoms with E-state index in [2.05, 4.69) is 0 Å².